The molecule has 6 heteroatoms. The van der Waals surface area contributed by atoms with Crippen molar-refractivity contribution in [3.63, 3.8) is 0 Å². The summed E-state index contributed by atoms with van der Waals surface area (Å²) in [5.74, 6) is 0. The summed E-state index contributed by atoms with van der Waals surface area (Å²) in [7, 11) is -4.48. The maximum Gasteiger partial charge on any atom is 0.496 e. The number of hydrogen-bond acceptors (Lipinski definition) is 3. The van der Waals surface area contributed by atoms with Gasteiger partial charge in [-0.25, -0.2) is 9.45 Å². The molecular formula is C16H35O5P. The van der Waals surface area contributed by atoms with E-state index in [1.165, 1.54) is 70.6 Å². The molecule has 0 aliphatic heterocycles. The van der Waals surface area contributed by atoms with Crippen molar-refractivity contribution >= 4 is 7.82 Å². The first-order valence-electron chi connectivity index (χ1n) is 8.93. The Kier molecular flexibility index (Phi) is 16.0. The lowest BCUT2D eigenvalue weighted by molar-refractivity contribution is -0.222. The van der Waals surface area contributed by atoms with Crippen molar-refractivity contribution < 1.29 is 23.9 Å². The smallest absolute Gasteiger partial charge is 0.301 e. The quantitative estimate of drug-likeness (QED) is 0.158. The normalized spacial score (nSPS) is 12.0. The number of unbranched alkanes of at least 4 members (excludes halogenated alkanes) is 13. The van der Waals surface area contributed by atoms with Gasteiger partial charge in [-0.3, -0.25) is 0 Å². The average molecular weight is 338 g/mol. The Bertz CT molecular complexity index is 267. The molecule has 0 heterocycles. The molecule has 0 aromatic carbocycles. The molecule has 0 aromatic heterocycles. The molecule has 0 rings (SSSR count). The highest BCUT2D eigenvalue weighted by atomic mass is 31.2. The predicted molar refractivity (Wildman–Crippen MR) is 89.4 cm³/mol. The van der Waals surface area contributed by atoms with E-state index in [9.17, 15) is 4.57 Å². The number of hydrogen-bond donors (Lipinski definition) is 2. The second-order valence-electron chi connectivity index (χ2n) is 5.98. The Hall–Kier alpha value is 0.0700. The Balaban J connectivity index is 3.01. The van der Waals surface area contributed by atoms with Gasteiger partial charge in [-0.1, -0.05) is 90.4 Å². The van der Waals surface area contributed by atoms with Crippen molar-refractivity contribution in [3.8, 4) is 0 Å². The Morgan fingerprint density at radius 1 is 0.682 bits per heavy atom. The highest BCUT2D eigenvalue weighted by Crippen LogP contribution is 2.35. The first kappa shape index (κ1) is 22.1. The van der Waals surface area contributed by atoms with Crippen LogP contribution in [0.2, 0.25) is 0 Å². The molecule has 0 atom stereocenters. The van der Waals surface area contributed by atoms with Gasteiger partial charge in [-0.05, 0) is 6.42 Å². The fraction of sp³-hybridized carbons (Fsp3) is 1.00. The molecule has 0 amide bonds. The van der Waals surface area contributed by atoms with Gasteiger partial charge in [0, 0.05) is 0 Å². The fourth-order valence-corrected chi connectivity index (χ4v) is 2.67. The third-order valence-corrected chi connectivity index (χ3v) is 4.03. The van der Waals surface area contributed by atoms with Crippen LogP contribution >= 0.6 is 7.82 Å². The summed E-state index contributed by atoms with van der Waals surface area (Å²) in [6.45, 7) is 2.49. The molecule has 0 radical (unpaired) electrons. The lowest BCUT2D eigenvalue weighted by atomic mass is 10.0. The molecule has 0 spiro atoms. The minimum Gasteiger partial charge on any atom is -0.301 e. The van der Waals surface area contributed by atoms with E-state index in [1.807, 2.05) is 0 Å². The largest absolute Gasteiger partial charge is 0.496 e. The summed E-state index contributed by atoms with van der Waals surface area (Å²) in [6.07, 6.45) is 17.8. The van der Waals surface area contributed by atoms with E-state index in [4.69, 9.17) is 9.79 Å². The van der Waals surface area contributed by atoms with Crippen molar-refractivity contribution in [2.45, 2.75) is 96.8 Å². The molecule has 0 saturated carbocycles. The predicted octanol–water partition coefficient (Wildman–Crippen LogP) is 5.51. The van der Waals surface area contributed by atoms with E-state index in [1.54, 1.807) is 0 Å². The highest BCUT2D eigenvalue weighted by Gasteiger charge is 2.14. The van der Waals surface area contributed by atoms with Crippen molar-refractivity contribution in [1.29, 1.82) is 0 Å². The van der Waals surface area contributed by atoms with Gasteiger partial charge in [0.05, 0.1) is 6.61 Å². The van der Waals surface area contributed by atoms with Crippen LogP contribution in [0.3, 0.4) is 0 Å². The van der Waals surface area contributed by atoms with Crippen LogP contribution in [-0.2, 0) is 14.1 Å². The molecule has 0 aliphatic rings. The van der Waals surface area contributed by atoms with Gasteiger partial charge in [-0.2, -0.15) is 0 Å². The summed E-state index contributed by atoms with van der Waals surface area (Å²) < 4.78 is 14.2. The molecule has 2 N–H and O–H groups in total. The molecule has 0 aromatic rings. The van der Waals surface area contributed by atoms with Gasteiger partial charge in [0.1, 0.15) is 0 Å². The van der Waals surface area contributed by atoms with Crippen LogP contribution in [0.1, 0.15) is 96.8 Å². The van der Waals surface area contributed by atoms with Crippen LogP contribution in [0, 0.1) is 0 Å². The minimum atomic E-state index is -4.48. The first-order valence-corrected chi connectivity index (χ1v) is 10.5. The molecule has 0 unspecified atom stereocenters. The van der Waals surface area contributed by atoms with E-state index in [2.05, 4.69) is 16.5 Å². The van der Waals surface area contributed by atoms with Crippen LogP contribution in [0.5, 0.6) is 0 Å². The van der Waals surface area contributed by atoms with Crippen LogP contribution in [0.15, 0.2) is 0 Å². The standard InChI is InChI=1S/C16H35O5P/c1-2-3-4-5-6-7-8-9-10-11-12-13-14-15-16-20-21-22(17,18)19/h2-16H2,1H3,(H2,17,18,19). The lowest BCUT2D eigenvalue weighted by Crippen LogP contribution is -1.95. The molecule has 0 saturated heterocycles. The van der Waals surface area contributed by atoms with E-state index in [0.29, 0.717) is 0 Å². The van der Waals surface area contributed by atoms with Crippen LogP contribution in [-0.4, -0.2) is 16.4 Å². The second kappa shape index (κ2) is 15.9. The summed E-state index contributed by atoms with van der Waals surface area (Å²) in [5.41, 5.74) is 0. The second-order valence-corrected chi connectivity index (χ2v) is 7.11. The van der Waals surface area contributed by atoms with Gasteiger partial charge in [0.15, 0.2) is 0 Å². The summed E-state index contributed by atoms with van der Waals surface area (Å²) in [5, 5.41) is 0. The molecule has 22 heavy (non-hydrogen) atoms. The van der Waals surface area contributed by atoms with Crippen molar-refractivity contribution in [3.05, 3.63) is 0 Å². The molecule has 134 valence electrons. The monoisotopic (exact) mass is 338 g/mol. The third-order valence-electron chi connectivity index (χ3n) is 3.73. The lowest BCUT2D eigenvalue weighted by Gasteiger charge is -2.05. The van der Waals surface area contributed by atoms with Gasteiger partial charge in [0.25, 0.3) is 0 Å². The molecule has 0 fully saturated rings. The summed E-state index contributed by atoms with van der Waals surface area (Å²) in [6, 6.07) is 0. The molecular weight excluding hydrogens is 303 g/mol. The zero-order valence-electron chi connectivity index (χ0n) is 14.2. The van der Waals surface area contributed by atoms with Crippen molar-refractivity contribution in [1.82, 2.24) is 0 Å². The molecule has 0 bridgehead atoms. The number of phosphoric acid groups is 1. The zero-order chi connectivity index (χ0) is 16.5. The molecule has 5 nitrogen and oxygen atoms in total. The Morgan fingerprint density at radius 2 is 1.05 bits per heavy atom. The van der Waals surface area contributed by atoms with E-state index < -0.39 is 7.82 Å². The van der Waals surface area contributed by atoms with Gasteiger partial charge >= 0.3 is 7.82 Å². The van der Waals surface area contributed by atoms with Gasteiger partial charge in [-0.15, -0.1) is 4.67 Å². The van der Waals surface area contributed by atoms with E-state index in [0.717, 1.165) is 19.3 Å². The molecule has 0 aliphatic carbocycles. The Labute approximate surface area is 136 Å². The van der Waals surface area contributed by atoms with Crippen LogP contribution in [0.4, 0.5) is 0 Å². The fourth-order valence-electron chi connectivity index (χ4n) is 2.46. The zero-order valence-corrected chi connectivity index (χ0v) is 15.1. The number of rotatable bonds is 17. The van der Waals surface area contributed by atoms with E-state index in [-0.39, 0.29) is 6.61 Å². The summed E-state index contributed by atoms with van der Waals surface area (Å²) in [4.78, 5) is 21.2. The maximum absolute atomic E-state index is 10.3. The highest BCUT2D eigenvalue weighted by molar-refractivity contribution is 7.46. The summed E-state index contributed by atoms with van der Waals surface area (Å²) >= 11 is 0. The third kappa shape index (κ3) is 20.1. The van der Waals surface area contributed by atoms with Crippen LogP contribution in [0.25, 0.3) is 0 Å². The maximum atomic E-state index is 10.3. The average Bonchev–Trinajstić information content (AvgIpc) is 2.45. The van der Waals surface area contributed by atoms with Gasteiger partial charge in [0.2, 0.25) is 0 Å². The van der Waals surface area contributed by atoms with Crippen LogP contribution < -0.4 is 0 Å². The Morgan fingerprint density at radius 3 is 1.41 bits per heavy atom. The van der Waals surface area contributed by atoms with Crippen molar-refractivity contribution in [2.24, 2.45) is 0 Å². The van der Waals surface area contributed by atoms with E-state index >= 15 is 0 Å². The van der Waals surface area contributed by atoms with Gasteiger partial charge < -0.3 is 9.79 Å². The SMILES string of the molecule is CCCCCCCCCCCCCCCCOOP(=O)(O)O. The minimum absolute atomic E-state index is 0.239. The first-order chi connectivity index (χ1) is 10.6. The topological polar surface area (TPSA) is 76.0 Å². The van der Waals surface area contributed by atoms with Crippen molar-refractivity contribution in [2.75, 3.05) is 6.61 Å².